The smallest absolute Gasteiger partial charge is 0.264 e. The van der Waals surface area contributed by atoms with Gasteiger partial charge < -0.3 is 28.8 Å². The zero-order chi connectivity index (χ0) is 58.0. The third-order valence-corrected chi connectivity index (χ3v) is 19.1. The monoisotopic (exact) mass is 1130 g/mol. The molecule has 5 heterocycles. The Kier molecular flexibility index (Phi) is 11.5. The minimum atomic E-state index is -0.320. The standard InChI is InChI=1S/C80H56B2N4O2/c1-83(57-32-11-4-12-33-57)69-50-70-66(49-65(69)82-64-42-21-22-43-67(64)84(58-34-13-5-14-35-58)72-47-56-46-54-30-17-18-31-55(54)48-74(56)88-80(72)82)81-63-41-20-23-44-68(63)85(59-36-15-6-16-37-59)79-76-62-38-19-24-45-73(62)87-75(76)51-71(77(79)81)86(70)78-60(52-26-7-2-8-27-52)39-25-40-61(78)53-28-9-3-10-29-53/h2-46,48-51,72,80H,47H2,1H3. The topological polar surface area (TPSA) is 35.3 Å². The van der Waals surface area contributed by atoms with Gasteiger partial charge in [0, 0.05) is 75.1 Å². The minimum absolute atomic E-state index is 0.0747. The van der Waals surface area contributed by atoms with Gasteiger partial charge >= 0.3 is 0 Å². The van der Waals surface area contributed by atoms with Gasteiger partial charge in [0.15, 0.2) is 0 Å². The van der Waals surface area contributed by atoms with Crippen molar-refractivity contribution in [3.63, 3.8) is 0 Å². The highest BCUT2D eigenvalue weighted by Crippen LogP contribution is 2.54. The first kappa shape index (κ1) is 50.4. The van der Waals surface area contributed by atoms with Gasteiger partial charge in [-0.15, -0.1) is 0 Å². The van der Waals surface area contributed by atoms with Crippen molar-refractivity contribution in [3.05, 3.63) is 303 Å². The van der Waals surface area contributed by atoms with E-state index < -0.39 is 0 Å². The number of para-hydroxylation sites is 7. The molecule has 0 spiro atoms. The fourth-order valence-corrected chi connectivity index (χ4v) is 15.4. The van der Waals surface area contributed by atoms with Crippen LogP contribution in [0.15, 0.2) is 302 Å². The van der Waals surface area contributed by atoms with Gasteiger partial charge in [0.1, 0.15) is 22.9 Å². The Bertz CT molecular complexity index is 5000. The number of furan rings is 1. The molecule has 0 saturated heterocycles. The maximum atomic E-state index is 7.88. The first-order chi connectivity index (χ1) is 43.6. The summed E-state index contributed by atoms with van der Waals surface area (Å²) in [7, 11) is 2.25. The molecule has 4 aliphatic rings. The summed E-state index contributed by atoms with van der Waals surface area (Å²) in [5, 5.41) is 4.56. The van der Waals surface area contributed by atoms with E-state index in [1.807, 2.05) is 0 Å². The average Bonchev–Trinajstić information content (AvgIpc) is 1.02. The number of nitrogens with zero attached hydrogens (tertiary/aromatic N) is 4. The van der Waals surface area contributed by atoms with Crippen LogP contribution in [0.3, 0.4) is 0 Å². The summed E-state index contributed by atoms with van der Waals surface area (Å²) in [5.74, 6) is 0.947. The van der Waals surface area contributed by atoms with E-state index in [1.54, 1.807) is 0 Å². The highest BCUT2D eigenvalue weighted by atomic mass is 16.5. The van der Waals surface area contributed by atoms with Crippen LogP contribution in [-0.4, -0.2) is 32.5 Å². The predicted octanol–water partition coefficient (Wildman–Crippen LogP) is 16.6. The molecule has 0 radical (unpaired) electrons. The fourth-order valence-electron chi connectivity index (χ4n) is 15.4. The number of anilines is 10. The van der Waals surface area contributed by atoms with Gasteiger partial charge in [-0.1, -0.05) is 218 Å². The zero-order valence-electron chi connectivity index (χ0n) is 48.4. The summed E-state index contributed by atoms with van der Waals surface area (Å²) in [5.41, 5.74) is 24.6. The molecule has 4 aliphatic heterocycles. The summed E-state index contributed by atoms with van der Waals surface area (Å²) < 4.78 is 15.1. The lowest BCUT2D eigenvalue weighted by Gasteiger charge is -2.50. The second-order valence-corrected chi connectivity index (χ2v) is 23.8. The maximum Gasteiger partial charge on any atom is 0.264 e. The molecule has 18 rings (SSSR count). The van der Waals surface area contributed by atoms with Crippen LogP contribution in [0.5, 0.6) is 5.75 Å². The van der Waals surface area contributed by atoms with E-state index in [1.165, 1.54) is 49.3 Å². The molecule has 88 heavy (non-hydrogen) atoms. The van der Waals surface area contributed by atoms with Crippen LogP contribution in [0.4, 0.5) is 56.9 Å². The van der Waals surface area contributed by atoms with E-state index in [2.05, 4.69) is 324 Å². The van der Waals surface area contributed by atoms with E-state index in [-0.39, 0.29) is 25.5 Å². The molecule has 2 atom stereocenters. The SMILES string of the molecule is CN(c1ccccc1)c1cc2c(cc1B1c3ccccc3N(c3ccccc3)C3Cc4cc5ccccc5cc4OC13)B1c3ccccc3N(c3ccccc3)c3c1c(cc1oc4ccccc4c31)N2c1c(-c2ccccc2)cccc1-c1ccccc1. The molecule has 1 aromatic heterocycles. The van der Waals surface area contributed by atoms with E-state index >= 15 is 0 Å². The van der Waals surface area contributed by atoms with E-state index in [0.29, 0.717) is 0 Å². The number of fused-ring (bicyclic) bond motifs is 12. The summed E-state index contributed by atoms with van der Waals surface area (Å²) in [4.78, 5) is 10.2. The lowest BCUT2D eigenvalue weighted by Crippen LogP contribution is -2.69. The quantitative estimate of drug-likeness (QED) is 0.141. The number of hydrogen-bond donors (Lipinski definition) is 0. The molecule has 0 aliphatic carbocycles. The molecule has 6 nitrogen and oxygen atoms in total. The van der Waals surface area contributed by atoms with Crippen LogP contribution >= 0.6 is 0 Å². The van der Waals surface area contributed by atoms with Crippen molar-refractivity contribution in [1.29, 1.82) is 0 Å². The van der Waals surface area contributed by atoms with Crippen molar-refractivity contribution in [2.45, 2.75) is 18.5 Å². The largest absolute Gasteiger partial charge is 0.496 e. The third-order valence-electron chi connectivity index (χ3n) is 19.1. The molecule has 414 valence electrons. The minimum Gasteiger partial charge on any atom is -0.496 e. The van der Waals surface area contributed by atoms with Gasteiger partial charge in [0.05, 0.1) is 22.8 Å². The first-order valence-corrected chi connectivity index (χ1v) is 30.7. The average molecular weight is 1130 g/mol. The number of benzene rings is 13. The molecule has 0 N–H and O–H groups in total. The third kappa shape index (κ3) is 7.71. The normalized spacial score (nSPS) is 15.3. The summed E-state index contributed by atoms with van der Waals surface area (Å²) in [6.07, 6.45) is 0.794. The molecule has 0 saturated carbocycles. The van der Waals surface area contributed by atoms with Crippen LogP contribution in [-0.2, 0) is 6.42 Å². The Morgan fingerprint density at radius 1 is 0.432 bits per heavy atom. The van der Waals surface area contributed by atoms with E-state index in [0.717, 1.165) is 108 Å². The number of ether oxygens (including phenoxy) is 1. The van der Waals surface area contributed by atoms with Crippen LogP contribution in [0.1, 0.15) is 5.56 Å². The van der Waals surface area contributed by atoms with Gasteiger partial charge in [-0.2, -0.15) is 0 Å². The predicted molar refractivity (Wildman–Crippen MR) is 369 cm³/mol. The summed E-state index contributed by atoms with van der Waals surface area (Å²) >= 11 is 0. The lowest BCUT2D eigenvalue weighted by molar-refractivity contribution is 0.217. The number of hydrogen-bond acceptors (Lipinski definition) is 6. The number of rotatable bonds is 8. The Hall–Kier alpha value is -11.0. The summed E-state index contributed by atoms with van der Waals surface area (Å²) in [6, 6.07) is 109. The second-order valence-electron chi connectivity index (χ2n) is 23.8. The molecular weight excluding hydrogens is 1070 g/mol. The van der Waals surface area contributed by atoms with Crippen LogP contribution in [0.25, 0.3) is 55.0 Å². The lowest BCUT2D eigenvalue weighted by atomic mass is 9.30. The van der Waals surface area contributed by atoms with E-state index in [9.17, 15) is 0 Å². The molecule has 0 amide bonds. The Labute approximate surface area is 512 Å². The molecule has 0 bridgehead atoms. The van der Waals surface area contributed by atoms with Crippen molar-refractivity contribution in [2.24, 2.45) is 0 Å². The van der Waals surface area contributed by atoms with Crippen LogP contribution in [0, 0.1) is 0 Å². The van der Waals surface area contributed by atoms with Crippen molar-refractivity contribution in [1.82, 2.24) is 0 Å². The van der Waals surface area contributed by atoms with Crippen molar-refractivity contribution in [3.8, 4) is 28.0 Å². The van der Waals surface area contributed by atoms with Gasteiger partial charge in [-0.05, 0) is 134 Å². The Balaban J connectivity index is 1.000. The van der Waals surface area contributed by atoms with Gasteiger partial charge in [-0.3, -0.25) is 0 Å². The second kappa shape index (κ2) is 20.1. The van der Waals surface area contributed by atoms with Gasteiger partial charge in [0.2, 0.25) is 0 Å². The molecule has 2 unspecified atom stereocenters. The van der Waals surface area contributed by atoms with Crippen LogP contribution < -0.4 is 51.7 Å². The molecule has 14 aromatic rings. The molecule has 8 heteroatoms. The molecule has 0 fully saturated rings. The van der Waals surface area contributed by atoms with Gasteiger partial charge in [0.25, 0.3) is 13.4 Å². The Morgan fingerprint density at radius 2 is 1.02 bits per heavy atom. The molecular formula is C80H56B2N4O2. The maximum absolute atomic E-state index is 7.88. The van der Waals surface area contributed by atoms with Crippen molar-refractivity contribution < 1.29 is 9.15 Å². The first-order valence-electron chi connectivity index (χ1n) is 30.7. The zero-order valence-corrected chi connectivity index (χ0v) is 48.4. The van der Waals surface area contributed by atoms with Crippen molar-refractivity contribution in [2.75, 3.05) is 26.6 Å². The fraction of sp³-hybridized carbons (Fsp3) is 0.0500. The van der Waals surface area contributed by atoms with E-state index in [4.69, 9.17) is 9.15 Å². The van der Waals surface area contributed by atoms with Crippen molar-refractivity contribution >= 4 is 130 Å². The molecule has 13 aromatic carbocycles. The Morgan fingerprint density at radius 3 is 1.74 bits per heavy atom. The highest BCUT2D eigenvalue weighted by Gasteiger charge is 2.52. The highest BCUT2D eigenvalue weighted by molar-refractivity contribution is 7.01. The van der Waals surface area contributed by atoms with Crippen LogP contribution in [0.2, 0.25) is 0 Å². The van der Waals surface area contributed by atoms with Gasteiger partial charge in [-0.25, -0.2) is 0 Å². The summed E-state index contributed by atoms with van der Waals surface area (Å²) in [6.45, 7) is -0.475.